The molecule has 0 saturated carbocycles. The zero-order valence-corrected chi connectivity index (χ0v) is 40.4. The van der Waals surface area contributed by atoms with Crippen molar-refractivity contribution in [3.8, 4) is 0 Å². The van der Waals surface area contributed by atoms with Crippen LogP contribution in [-0.2, 0) is 28.6 Å². The summed E-state index contributed by atoms with van der Waals surface area (Å²) in [5.74, 6) is -1.02. The van der Waals surface area contributed by atoms with Gasteiger partial charge in [-0.05, 0) is 103 Å². The normalized spacial score (nSPS) is 12.8. The van der Waals surface area contributed by atoms with E-state index in [-0.39, 0.29) is 37.5 Å². The largest absolute Gasteiger partial charge is 0.462 e. The van der Waals surface area contributed by atoms with E-state index in [0.717, 1.165) is 83.5 Å². The molecule has 0 aliphatic heterocycles. The van der Waals surface area contributed by atoms with Gasteiger partial charge in [0.2, 0.25) is 0 Å². The summed E-state index contributed by atoms with van der Waals surface area (Å²) in [7, 11) is 0. The van der Waals surface area contributed by atoms with Crippen LogP contribution in [0, 0.1) is 0 Å². The minimum atomic E-state index is -0.814. The summed E-state index contributed by atoms with van der Waals surface area (Å²) in [6.45, 7) is 6.41. The summed E-state index contributed by atoms with van der Waals surface area (Å²) in [4.78, 5) is 37.9. The third kappa shape index (κ3) is 47.6. The highest BCUT2D eigenvalue weighted by atomic mass is 16.6. The molecule has 1 unspecified atom stereocenters. The lowest BCUT2D eigenvalue weighted by Crippen LogP contribution is -2.30. The van der Waals surface area contributed by atoms with E-state index in [0.29, 0.717) is 19.3 Å². The smallest absolute Gasteiger partial charge is 0.306 e. The summed E-state index contributed by atoms with van der Waals surface area (Å²) in [6.07, 6.45) is 64.3. The second-order valence-corrected chi connectivity index (χ2v) is 16.7. The summed E-state index contributed by atoms with van der Waals surface area (Å²) in [5, 5.41) is 0. The summed E-state index contributed by atoms with van der Waals surface area (Å²) in [6, 6.07) is 0. The Labute approximate surface area is 382 Å². The fourth-order valence-corrected chi connectivity index (χ4v) is 6.77. The lowest BCUT2D eigenvalue weighted by molar-refractivity contribution is -0.166. The van der Waals surface area contributed by atoms with E-state index in [9.17, 15) is 14.4 Å². The van der Waals surface area contributed by atoms with Gasteiger partial charge in [-0.2, -0.15) is 0 Å². The first kappa shape index (κ1) is 58.6. The molecule has 0 spiro atoms. The lowest BCUT2D eigenvalue weighted by atomic mass is 10.1. The number of allylic oxidation sites excluding steroid dienone is 14. The van der Waals surface area contributed by atoms with Crippen molar-refractivity contribution in [1.29, 1.82) is 0 Å². The highest BCUT2D eigenvalue weighted by Crippen LogP contribution is 2.13. The van der Waals surface area contributed by atoms with Crippen LogP contribution in [0.2, 0.25) is 0 Å². The molecule has 0 N–H and O–H groups in total. The molecule has 6 nitrogen and oxygen atoms in total. The second-order valence-electron chi connectivity index (χ2n) is 16.7. The van der Waals surface area contributed by atoms with Crippen LogP contribution in [0.1, 0.15) is 233 Å². The van der Waals surface area contributed by atoms with Crippen LogP contribution in [0.15, 0.2) is 85.1 Å². The first-order valence-electron chi connectivity index (χ1n) is 25.6. The second kappa shape index (κ2) is 50.2. The Morgan fingerprint density at radius 1 is 0.339 bits per heavy atom. The first-order chi connectivity index (χ1) is 30.5. The number of unbranched alkanes of at least 4 members (excludes halogenated alkanes) is 20. The van der Waals surface area contributed by atoms with Crippen LogP contribution in [0.25, 0.3) is 0 Å². The molecule has 0 rings (SSSR count). The fraction of sp³-hybridized carbons (Fsp3) is 0.696. The van der Waals surface area contributed by atoms with Crippen LogP contribution in [0.3, 0.4) is 0 Å². The maximum absolute atomic E-state index is 12.8. The van der Waals surface area contributed by atoms with E-state index in [1.807, 2.05) is 6.08 Å². The molecule has 0 amide bonds. The highest BCUT2D eigenvalue weighted by molar-refractivity contribution is 5.71. The van der Waals surface area contributed by atoms with Crippen LogP contribution in [0.5, 0.6) is 0 Å². The molecule has 1 atom stereocenters. The van der Waals surface area contributed by atoms with E-state index in [1.54, 1.807) is 0 Å². The fourth-order valence-electron chi connectivity index (χ4n) is 6.77. The van der Waals surface area contributed by atoms with Crippen molar-refractivity contribution in [2.45, 2.75) is 239 Å². The van der Waals surface area contributed by atoms with Gasteiger partial charge in [0, 0.05) is 19.3 Å². The van der Waals surface area contributed by atoms with Crippen LogP contribution >= 0.6 is 0 Å². The summed E-state index contributed by atoms with van der Waals surface area (Å²) in [5.41, 5.74) is 0. The zero-order chi connectivity index (χ0) is 45.1. The molecule has 0 aliphatic carbocycles. The van der Waals surface area contributed by atoms with Gasteiger partial charge in [0.1, 0.15) is 13.2 Å². The van der Waals surface area contributed by atoms with Crippen molar-refractivity contribution in [3.05, 3.63) is 85.1 Å². The molecule has 6 heteroatoms. The number of rotatable bonds is 45. The average Bonchev–Trinajstić information content (AvgIpc) is 3.27. The number of carbonyl (C=O) groups excluding carboxylic acids is 3. The SMILES string of the molecule is CC/C=C\C/C=C\C/C=C\C/C=C\CCCCCC(=O)OCC(COC(=O)CC/C=C\C/C=C\CCCCCCCC)OC(=O)CCCCCCCCC/C=C\CCCCCC. The van der Waals surface area contributed by atoms with Crippen molar-refractivity contribution >= 4 is 17.9 Å². The molecule has 354 valence electrons. The number of hydrogen-bond acceptors (Lipinski definition) is 6. The Morgan fingerprint density at radius 3 is 1.13 bits per heavy atom. The van der Waals surface area contributed by atoms with E-state index in [2.05, 4.69) is 99.8 Å². The molecule has 0 fully saturated rings. The standard InChI is InChI=1S/C56H94O6/c1-4-7-10-13-16-19-22-25-27-29-31-34-37-40-43-46-49-55(58)61-52-53(51-60-54(57)48-45-42-39-36-33-30-24-21-18-15-12-9-6-3)62-56(59)50-47-44-41-38-35-32-28-26-23-20-17-14-11-8-5-2/h7,10,16,19-20,23,25,27,30-31,33-34,39,42,53H,4-6,8-9,11-15,17-18,21-22,24,26,28-29,32,35-38,40-41,43-52H2,1-3H3/b10-7-,19-16-,23-20-,27-25-,33-30-,34-31-,42-39-. The minimum absolute atomic E-state index is 0.112. The van der Waals surface area contributed by atoms with E-state index in [1.165, 1.54) is 103 Å². The van der Waals surface area contributed by atoms with Crippen molar-refractivity contribution in [2.24, 2.45) is 0 Å². The Morgan fingerprint density at radius 2 is 0.661 bits per heavy atom. The van der Waals surface area contributed by atoms with Crippen LogP contribution in [0.4, 0.5) is 0 Å². The molecule has 0 bridgehead atoms. The molecule has 0 aromatic heterocycles. The van der Waals surface area contributed by atoms with E-state index >= 15 is 0 Å². The quantitative estimate of drug-likeness (QED) is 0.0263. The van der Waals surface area contributed by atoms with Crippen molar-refractivity contribution in [3.63, 3.8) is 0 Å². The first-order valence-corrected chi connectivity index (χ1v) is 25.6. The maximum Gasteiger partial charge on any atom is 0.306 e. The van der Waals surface area contributed by atoms with Gasteiger partial charge in [0.05, 0.1) is 0 Å². The molecular weight excluding hydrogens is 769 g/mol. The molecule has 0 aromatic carbocycles. The van der Waals surface area contributed by atoms with E-state index in [4.69, 9.17) is 14.2 Å². The molecule has 0 radical (unpaired) electrons. The predicted molar refractivity (Wildman–Crippen MR) is 265 cm³/mol. The molecule has 0 aliphatic rings. The topological polar surface area (TPSA) is 78.9 Å². The Balaban J connectivity index is 4.51. The van der Waals surface area contributed by atoms with E-state index < -0.39 is 6.10 Å². The third-order valence-electron chi connectivity index (χ3n) is 10.6. The van der Waals surface area contributed by atoms with Gasteiger partial charge >= 0.3 is 17.9 Å². The molecule has 0 saturated heterocycles. The van der Waals surface area contributed by atoms with Crippen molar-refractivity contribution in [1.82, 2.24) is 0 Å². The van der Waals surface area contributed by atoms with Gasteiger partial charge in [-0.1, -0.05) is 196 Å². The van der Waals surface area contributed by atoms with Gasteiger partial charge in [0.15, 0.2) is 6.10 Å². The number of hydrogen-bond donors (Lipinski definition) is 0. The predicted octanol–water partition coefficient (Wildman–Crippen LogP) is 16.8. The van der Waals surface area contributed by atoms with Gasteiger partial charge in [-0.25, -0.2) is 0 Å². The minimum Gasteiger partial charge on any atom is -0.462 e. The third-order valence-corrected chi connectivity index (χ3v) is 10.6. The van der Waals surface area contributed by atoms with Gasteiger partial charge in [0.25, 0.3) is 0 Å². The molecule has 0 heterocycles. The maximum atomic E-state index is 12.8. The Hall–Kier alpha value is -3.41. The van der Waals surface area contributed by atoms with Crippen LogP contribution in [-0.4, -0.2) is 37.2 Å². The highest BCUT2D eigenvalue weighted by Gasteiger charge is 2.19. The average molecular weight is 863 g/mol. The zero-order valence-electron chi connectivity index (χ0n) is 40.4. The summed E-state index contributed by atoms with van der Waals surface area (Å²) < 4.78 is 16.7. The Kier molecular flexibility index (Phi) is 47.5. The van der Waals surface area contributed by atoms with Gasteiger partial charge in [-0.15, -0.1) is 0 Å². The van der Waals surface area contributed by atoms with Crippen molar-refractivity contribution in [2.75, 3.05) is 13.2 Å². The van der Waals surface area contributed by atoms with Gasteiger partial charge < -0.3 is 14.2 Å². The monoisotopic (exact) mass is 863 g/mol. The molecule has 0 aromatic rings. The Bertz CT molecular complexity index is 1220. The van der Waals surface area contributed by atoms with Crippen LogP contribution < -0.4 is 0 Å². The number of ether oxygens (including phenoxy) is 3. The molecular formula is C56H94O6. The summed E-state index contributed by atoms with van der Waals surface area (Å²) >= 11 is 0. The van der Waals surface area contributed by atoms with Gasteiger partial charge in [-0.3, -0.25) is 14.4 Å². The molecule has 62 heavy (non-hydrogen) atoms. The van der Waals surface area contributed by atoms with Crippen molar-refractivity contribution < 1.29 is 28.6 Å². The number of carbonyl (C=O) groups is 3. The lowest BCUT2D eigenvalue weighted by Gasteiger charge is -2.18. The number of esters is 3.